The Morgan fingerprint density at radius 3 is 2.73 bits per heavy atom. The Hall–Kier alpha value is -2.39. The average molecular weight is 434 g/mol. The van der Waals surface area contributed by atoms with Crippen molar-refractivity contribution in [3.05, 3.63) is 40.8 Å². The molecule has 1 fully saturated rings. The summed E-state index contributed by atoms with van der Waals surface area (Å²) in [7, 11) is -2.12. The molecule has 1 atom stereocenters. The van der Waals surface area contributed by atoms with Crippen LogP contribution in [0, 0.1) is 19.8 Å². The number of amides is 1. The van der Waals surface area contributed by atoms with Crippen molar-refractivity contribution in [2.45, 2.75) is 44.6 Å². The molecule has 9 heteroatoms. The molecule has 0 spiro atoms. The number of carbonyl (C=O) groups excluding carboxylic acids is 1. The third kappa shape index (κ3) is 3.72. The predicted octanol–water partition coefficient (Wildman–Crippen LogP) is 2.29. The van der Waals surface area contributed by atoms with Gasteiger partial charge in [-0.2, -0.15) is 4.31 Å². The molecule has 1 unspecified atom stereocenters. The molecule has 2 aliphatic heterocycles. The van der Waals surface area contributed by atoms with Crippen LogP contribution in [0.3, 0.4) is 0 Å². The van der Waals surface area contributed by atoms with Crippen LogP contribution in [-0.2, 0) is 27.8 Å². The number of benzene rings is 1. The molecular formula is C21H27N3O5S. The standard InChI is InChI=1S/C21H27N3O5S/c1-14-20(15(2)29-22-14)30(26,27)24-9-4-5-17(13-24)21(25)23-10-8-16-6-7-19(28-3)11-18(16)12-23/h6-7,11,17H,4-5,8-10,12-13H2,1-3H3. The van der Waals surface area contributed by atoms with Crippen LogP contribution in [0.1, 0.15) is 35.4 Å². The van der Waals surface area contributed by atoms with Crippen molar-refractivity contribution in [1.29, 1.82) is 0 Å². The third-order valence-electron chi connectivity index (χ3n) is 6.04. The quantitative estimate of drug-likeness (QED) is 0.735. The molecule has 2 aliphatic rings. The Balaban J connectivity index is 1.50. The highest BCUT2D eigenvalue weighted by molar-refractivity contribution is 7.89. The lowest BCUT2D eigenvalue weighted by Gasteiger charge is -2.36. The van der Waals surface area contributed by atoms with E-state index in [1.807, 2.05) is 17.0 Å². The van der Waals surface area contributed by atoms with Crippen molar-refractivity contribution in [3.8, 4) is 5.75 Å². The number of methoxy groups -OCH3 is 1. The molecule has 0 radical (unpaired) electrons. The van der Waals surface area contributed by atoms with Crippen molar-refractivity contribution in [3.63, 3.8) is 0 Å². The maximum atomic E-state index is 13.3. The van der Waals surface area contributed by atoms with Crippen molar-refractivity contribution in [2.75, 3.05) is 26.7 Å². The van der Waals surface area contributed by atoms with E-state index < -0.39 is 10.0 Å². The van der Waals surface area contributed by atoms with E-state index >= 15 is 0 Å². The number of sulfonamides is 1. The number of hydrogen-bond acceptors (Lipinski definition) is 6. The SMILES string of the molecule is COc1ccc2c(c1)CN(C(=O)C1CCCN(S(=O)(=O)c3c(C)noc3C)C1)CC2. The highest BCUT2D eigenvalue weighted by atomic mass is 32.2. The summed E-state index contributed by atoms with van der Waals surface area (Å²) in [5.74, 6) is 0.725. The predicted molar refractivity (Wildman–Crippen MR) is 110 cm³/mol. The monoisotopic (exact) mass is 433 g/mol. The molecule has 30 heavy (non-hydrogen) atoms. The molecule has 162 valence electrons. The van der Waals surface area contributed by atoms with Gasteiger partial charge in [0, 0.05) is 26.2 Å². The van der Waals surface area contributed by atoms with E-state index in [0.29, 0.717) is 38.2 Å². The Morgan fingerprint density at radius 2 is 2.03 bits per heavy atom. The number of aromatic nitrogens is 1. The van der Waals surface area contributed by atoms with Gasteiger partial charge < -0.3 is 14.2 Å². The van der Waals surface area contributed by atoms with E-state index in [0.717, 1.165) is 17.7 Å². The fraction of sp³-hybridized carbons (Fsp3) is 0.524. The van der Waals surface area contributed by atoms with Gasteiger partial charge in [0.1, 0.15) is 16.3 Å². The van der Waals surface area contributed by atoms with E-state index in [9.17, 15) is 13.2 Å². The van der Waals surface area contributed by atoms with E-state index in [2.05, 4.69) is 11.2 Å². The Bertz CT molecular complexity index is 1040. The number of ether oxygens (including phenoxy) is 1. The van der Waals surface area contributed by atoms with Crippen molar-refractivity contribution < 1.29 is 22.5 Å². The van der Waals surface area contributed by atoms with Gasteiger partial charge in [0.25, 0.3) is 0 Å². The van der Waals surface area contributed by atoms with E-state index in [4.69, 9.17) is 9.26 Å². The molecule has 0 N–H and O–H groups in total. The lowest BCUT2D eigenvalue weighted by molar-refractivity contribution is -0.137. The first-order chi connectivity index (χ1) is 14.3. The summed E-state index contributed by atoms with van der Waals surface area (Å²) >= 11 is 0. The molecule has 1 aromatic heterocycles. The third-order valence-corrected chi connectivity index (χ3v) is 8.15. The fourth-order valence-corrected chi connectivity index (χ4v) is 6.26. The van der Waals surface area contributed by atoms with Crippen LogP contribution < -0.4 is 4.74 Å². The maximum Gasteiger partial charge on any atom is 0.248 e. The van der Waals surface area contributed by atoms with Crippen LogP contribution in [0.25, 0.3) is 0 Å². The minimum absolute atomic E-state index is 0.0159. The molecule has 2 aromatic rings. The molecule has 1 saturated heterocycles. The highest BCUT2D eigenvalue weighted by Crippen LogP contribution is 2.30. The summed E-state index contributed by atoms with van der Waals surface area (Å²) < 4.78 is 38.1. The summed E-state index contributed by atoms with van der Waals surface area (Å²) in [6, 6.07) is 5.97. The van der Waals surface area contributed by atoms with Crippen molar-refractivity contribution in [2.24, 2.45) is 5.92 Å². The topological polar surface area (TPSA) is 93.0 Å². The molecule has 1 aromatic carbocycles. The Labute approximate surface area is 176 Å². The number of aryl methyl sites for hydroxylation is 2. The van der Waals surface area contributed by atoms with Crippen LogP contribution >= 0.6 is 0 Å². The van der Waals surface area contributed by atoms with Crippen LogP contribution in [0.15, 0.2) is 27.6 Å². The number of nitrogens with zero attached hydrogens (tertiary/aromatic N) is 3. The maximum absolute atomic E-state index is 13.3. The van der Waals surface area contributed by atoms with Crippen LogP contribution in [0.2, 0.25) is 0 Å². The largest absolute Gasteiger partial charge is 0.497 e. The van der Waals surface area contributed by atoms with Crippen LogP contribution in [-0.4, -0.2) is 55.4 Å². The number of piperidine rings is 1. The smallest absolute Gasteiger partial charge is 0.248 e. The van der Waals surface area contributed by atoms with Gasteiger partial charge in [-0.1, -0.05) is 11.2 Å². The average Bonchev–Trinajstić information content (AvgIpc) is 3.11. The van der Waals surface area contributed by atoms with E-state index in [-0.39, 0.29) is 29.0 Å². The second kappa shape index (κ2) is 8.03. The fourth-order valence-electron chi connectivity index (χ4n) is 4.44. The Kier molecular flexibility index (Phi) is 5.59. The van der Waals surface area contributed by atoms with Crippen LogP contribution in [0.5, 0.6) is 5.75 Å². The first-order valence-corrected chi connectivity index (χ1v) is 11.6. The van der Waals surface area contributed by atoms with E-state index in [1.54, 1.807) is 21.0 Å². The molecule has 0 bridgehead atoms. The molecule has 0 aliphatic carbocycles. The molecule has 3 heterocycles. The second-order valence-corrected chi connectivity index (χ2v) is 9.87. The van der Waals surface area contributed by atoms with Gasteiger partial charge in [0.15, 0.2) is 5.76 Å². The second-order valence-electron chi connectivity index (χ2n) is 8.00. The van der Waals surface area contributed by atoms with Gasteiger partial charge in [-0.15, -0.1) is 0 Å². The molecular weight excluding hydrogens is 406 g/mol. The normalized spacial score (nSPS) is 20.1. The molecule has 4 rings (SSSR count). The summed E-state index contributed by atoms with van der Waals surface area (Å²) in [5, 5.41) is 3.77. The number of hydrogen-bond donors (Lipinski definition) is 0. The van der Waals surface area contributed by atoms with Crippen molar-refractivity contribution >= 4 is 15.9 Å². The number of carbonyl (C=O) groups is 1. The highest BCUT2D eigenvalue weighted by Gasteiger charge is 2.38. The van der Waals surface area contributed by atoms with Gasteiger partial charge in [0.05, 0.1) is 13.0 Å². The summed E-state index contributed by atoms with van der Waals surface area (Å²) in [6.07, 6.45) is 2.13. The van der Waals surface area contributed by atoms with Gasteiger partial charge in [-0.25, -0.2) is 8.42 Å². The van der Waals surface area contributed by atoms with E-state index in [1.165, 1.54) is 9.87 Å². The lowest BCUT2D eigenvalue weighted by atomic mass is 9.94. The zero-order valence-corrected chi connectivity index (χ0v) is 18.4. The lowest BCUT2D eigenvalue weighted by Crippen LogP contribution is -2.47. The zero-order valence-electron chi connectivity index (χ0n) is 17.6. The first kappa shape index (κ1) is 20.9. The Morgan fingerprint density at radius 1 is 1.23 bits per heavy atom. The van der Waals surface area contributed by atoms with Gasteiger partial charge in [-0.05, 0) is 56.4 Å². The van der Waals surface area contributed by atoms with Crippen molar-refractivity contribution in [1.82, 2.24) is 14.4 Å². The van der Waals surface area contributed by atoms with Gasteiger partial charge >= 0.3 is 0 Å². The minimum Gasteiger partial charge on any atom is -0.497 e. The molecule has 1 amide bonds. The molecule has 0 saturated carbocycles. The summed E-state index contributed by atoms with van der Waals surface area (Å²) in [5.41, 5.74) is 2.67. The number of fused-ring (bicyclic) bond motifs is 1. The summed E-state index contributed by atoms with van der Waals surface area (Å²) in [4.78, 5) is 15.2. The van der Waals surface area contributed by atoms with Crippen LogP contribution in [0.4, 0.5) is 0 Å². The van der Waals surface area contributed by atoms with Gasteiger partial charge in [-0.3, -0.25) is 4.79 Å². The first-order valence-electron chi connectivity index (χ1n) is 10.2. The molecule has 8 nitrogen and oxygen atoms in total. The summed E-state index contributed by atoms with van der Waals surface area (Å²) in [6.45, 7) is 4.97. The minimum atomic E-state index is -3.75. The zero-order chi connectivity index (χ0) is 21.5. The number of rotatable bonds is 4. The van der Waals surface area contributed by atoms with Gasteiger partial charge in [0.2, 0.25) is 15.9 Å².